The van der Waals surface area contributed by atoms with Gasteiger partial charge in [0.2, 0.25) is 11.8 Å². The van der Waals surface area contributed by atoms with Crippen molar-refractivity contribution >= 4 is 23.6 Å². The Bertz CT molecular complexity index is 868. The number of nitrogens with one attached hydrogen (secondary N) is 1. The number of benzene rings is 1. The first-order valence-electron chi connectivity index (χ1n) is 11.4. The molecule has 1 aromatic rings. The number of carbonyl (C=O) groups is 3. The van der Waals surface area contributed by atoms with Crippen LogP contribution in [0.3, 0.4) is 0 Å². The Morgan fingerprint density at radius 3 is 2.48 bits per heavy atom. The highest BCUT2D eigenvalue weighted by Gasteiger charge is 2.35. The van der Waals surface area contributed by atoms with Gasteiger partial charge in [-0.25, -0.2) is 4.79 Å². The molecule has 3 heterocycles. The summed E-state index contributed by atoms with van der Waals surface area (Å²) in [5.74, 6) is 0.0412. The Balaban J connectivity index is 1.49. The summed E-state index contributed by atoms with van der Waals surface area (Å²) in [5.41, 5.74) is 3.33. The molecule has 1 N–H and O–H groups in total. The number of nitrogens with zero attached hydrogens (tertiary/aromatic N) is 2. The van der Waals surface area contributed by atoms with Crippen molar-refractivity contribution in [3.05, 3.63) is 29.3 Å². The molecule has 3 aliphatic rings. The van der Waals surface area contributed by atoms with Gasteiger partial charge in [0.1, 0.15) is 11.6 Å². The second-order valence-electron chi connectivity index (χ2n) is 9.85. The van der Waals surface area contributed by atoms with Crippen molar-refractivity contribution in [2.24, 2.45) is 0 Å². The number of fused-ring (bicyclic) bond motifs is 1. The van der Waals surface area contributed by atoms with Gasteiger partial charge in [-0.3, -0.25) is 14.9 Å². The zero-order valence-electron chi connectivity index (χ0n) is 18.8. The van der Waals surface area contributed by atoms with Gasteiger partial charge in [-0.05, 0) is 76.0 Å². The first-order chi connectivity index (χ1) is 14.7. The van der Waals surface area contributed by atoms with E-state index in [4.69, 9.17) is 4.74 Å². The molecule has 2 fully saturated rings. The Kier molecular flexibility index (Phi) is 5.95. The van der Waals surface area contributed by atoms with Gasteiger partial charge < -0.3 is 14.5 Å². The van der Waals surface area contributed by atoms with Gasteiger partial charge in [0.25, 0.3) is 0 Å². The largest absolute Gasteiger partial charge is 0.444 e. The van der Waals surface area contributed by atoms with Crippen molar-refractivity contribution in [3.8, 4) is 0 Å². The molecule has 3 aliphatic heterocycles. The summed E-state index contributed by atoms with van der Waals surface area (Å²) in [7, 11) is 0. The fraction of sp³-hybridized carbons (Fsp3) is 0.625. The zero-order valence-corrected chi connectivity index (χ0v) is 18.8. The summed E-state index contributed by atoms with van der Waals surface area (Å²) in [6.45, 7) is 7.90. The van der Waals surface area contributed by atoms with Gasteiger partial charge in [0.05, 0.1) is 0 Å². The molecular formula is C24H33N3O4. The number of rotatable bonds is 2. The maximum absolute atomic E-state index is 12.5. The molecule has 1 aromatic carbocycles. The number of hydrogen-bond acceptors (Lipinski definition) is 5. The summed E-state index contributed by atoms with van der Waals surface area (Å²) in [4.78, 5) is 40.5. The molecule has 1 atom stereocenters. The van der Waals surface area contributed by atoms with Gasteiger partial charge in [0.15, 0.2) is 0 Å². The number of ether oxygens (including phenoxy) is 1. The number of hydrogen-bond donors (Lipinski definition) is 1. The van der Waals surface area contributed by atoms with Crippen LogP contribution in [0.25, 0.3) is 0 Å². The lowest BCUT2D eigenvalue weighted by Crippen LogP contribution is -2.54. The highest BCUT2D eigenvalue weighted by atomic mass is 16.6. The Morgan fingerprint density at radius 2 is 1.81 bits per heavy atom. The summed E-state index contributed by atoms with van der Waals surface area (Å²) in [6, 6.07) is 6.12. The molecule has 0 aromatic heterocycles. The number of imide groups is 1. The van der Waals surface area contributed by atoms with Crippen LogP contribution in [-0.4, -0.2) is 54.1 Å². The van der Waals surface area contributed by atoms with Crippen LogP contribution in [0.5, 0.6) is 0 Å². The average molecular weight is 428 g/mol. The highest BCUT2D eigenvalue weighted by Crippen LogP contribution is 2.39. The molecule has 0 bridgehead atoms. The minimum Gasteiger partial charge on any atom is -0.444 e. The van der Waals surface area contributed by atoms with Crippen molar-refractivity contribution in [1.82, 2.24) is 10.2 Å². The summed E-state index contributed by atoms with van der Waals surface area (Å²) in [5, 5.41) is 2.50. The topological polar surface area (TPSA) is 79.0 Å². The fourth-order valence-electron chi connectivity index (χ4n) is 5.07. The molecular weight excluding hydrogens is 394 g/mol. The number of likely N-dealkylation sites (tertiary alicyclic amines) is 1. The van der Waals surface area contributed by atoms with Crippen molar-refractivity contribution < 1.29 is 19.1 Å². The molecule has 3 amide bonds. The molecule has 31 heavy (non-hydrogen) atoms. The standard InChI is InChI=1S/C24H33N3O4/c1-24(2,3)31-23(30)26-14-11-16(12-15-26)17-6-4-8-19-18(17)7-5-13-27(19)20-9-10-21(28)25-22(20)29/h4,6,8,16,20H,5,7,9-15H2,1-3H3,(H,25,28,29)/t20-/m1/s1. The van der Waals surface area contributed by atoms with Gasteiger partial charge in [-0.15, -0.1) is 0 Å². The first-order valence-corrected chi connectivity index (χ1v) is 11.4. The van der Waals surface area contributed by atoms with E-state index in [1.165, 1.54) is 11.1 Å². The van der Waals surface area contributed by atoms with E-state index in [2.05, 4.69) is 28.4 Å². The maximum atomic E-state index is 12.5. The fourth-order valence-corrected chi connectivity index (χ4v) is 5.07. The number of carbonyl (C=O) groups excluding carboxylic acids is 3. The summed E-state index contributed by atoms with van der Waals surface area (Å²) < 4.78 is 5.53. The Hall–Kier alpha value is -2.57. The molecule has 168 valence electrons. The van der Waals surface area contributed by atoms with E-state index in [9.17, 15) is 14.4 Å². The third-order valence-electron chi connectivity index (χ3n) is 6.50. The normalized spacial score (nSPS) is 22.7. The number of amides is 3. The quantitative estimate of drug-likeness (QED) is 0.732. The monoisotopic (exact) mass is 427 g/mol. The molecule has 2 saturated heterocycles. The predicted octanol–water partition coefficient (Wildman–Crippen LogP) is 3.36. The lowest BCUT2D eigenvalue weighted by Gasteiger charge is -2.40. The van der Waals surface area contributed by atoms with E-state index in [0.717, 1.165) is 37.9 Å². The smallest absolute Gasteiger partial charge is 0.410 e. The number of anilines is 1. The molecule has 0 saturated carbocycles. The predicted molar refractivity (Wildman–Crippen MR) is 118 cm³/mol. The number of piperidine rings is 2. The molecule has 0 spiro atoms. The van der Waals surface area contributed by atoms with Crippen LogP contribution in [0.2, 0.25) is 0 Å². The van der Waals surface area contributed by atoms with Gasteiger partial charge in [0, 0.05) is 31.7 Å². The van der Waals surface area contributed by atoms with Gasteiger partial charge >= 0.3 is 6.09 Å². The van der Waals surface area contributed by atoms with Crippen LogP contribution in [0.15, 0.2) is 18.2 Å². The van der Waals surface area contributed by atoms with Crippen LogP contribution in [-0.2, 0) is 20.7 Å². The van der Waals surface area contributed by atoms with Crippen molar-refractivity contribution in [1.29, 1.82) is 0 Å². The lowest BCUT2D eigenvalue weighted by atomic mass is 9.83. The molecule has 7 nitrogen and oxygen atoms in total. The van der Waals surface area contributed by atoms with Crippen LogP contribution < -0.4 is 10.2 Å². The Morgan fingerprint density at radius 1 is 1.06 bits per heavy atom. The van der Waals surface area contributed by atoms with E-state index < -0.39 is 5.60 Å². The average Bonchev–Trinajstić information content (AvgIpc) is 2.72. The Labute approximate surface area is 184 Å². The minimum absolute atomic E-state index is 0.177. The summed E-state index contributed by atoms with van der Waals surface area (Å²) >= 11 is 0. The van der Waals surface area contributed by atoms with E-state index in [1.807, 2.05) is 25.7 Å². The van der Waals surface area contributed by atoms with E-state index in [0.29, 0.717) is 31.8 Å². The van der Waals surface area contributed by atoms with Crippen LogP contribution >= 0.6 is 0 Å². The van der Waals surface area contributed by atoms with Crippen molar-refractivity contribution in [2.45, 2.75) is 76.9 Å². The lowest BCUT2D eigenvalue weighted by molar-refractivity contribution is -0.134. The summed E-state index contributed by atoms with van der Waals surface area (Å²) in [6.07, 6.45) is 4.56. The van der Waals surface area contributed by atoms with Crippen LogP contribution in [0.4, 0.5) is 10.5 Å². The SMILES string of the molecule is CC(C)(C)OC(=O)N1CCC(c2cccc3c2CCCN3[C@@H]2CCC(=O)NC2=O)CC1. The third kappa shape index (κ3) is 4.70. The first kappa shape index (κ1) is 21.7. The van der Waals surface area contributed by atoms with E-state index in [-0.39, 0.29) is 23.9 Å². The van der Waals surface area contributed by atoms with Crippen LogP contribution in [0.1, 0.15) is 69.9 Å². The third-order valence-corrected chi connectivity index (χ3v) is 6.50. The van der Waals surface area contributed by atoms with Gasteiger partial charge in [-0.1, -0.05) is 12.1 Å². The minimum atomic E-state index is -0.480. The van der Waals surface area contributed by atoms with Gasteiger partial charge in [-0.2, -0.15) is 0 Å². The molecule has 0 aliphatic carbocycles. The molecule has 0 radical (unpaired) electrons. The van der Waals surface area contributed by atoms with Crippen molar-refractivity contribution in [2.75, 3.05) is 24.5 Å². The molecule has 7 heteroatoms. The van der Waals surface area contributed by atoms with Crippen molar-refractivity contribution in [3.63, 3.8) is 0 Å². The molecule has 4 rings (SSSR count). The molecule has 0 unspecified atom stereocenters. The van der Waals surface area contributed by atoms with E-state index >= 15 is 0 Å². The highest BCUT2D eigenvalue weighted by molar-refractivity contribution is 6.01. The second kappa shape index (κ2) is 8.52. The van der Waals surface area contributed by atoms with Crippen LogP contribution in [0, 0.1) is 0 Å². The second-order valence-corrected chi connectivity index (χ2v) is 9.85. The van der Waals surface area contributed by atoms with E-state index in [1.54, 1.807) is 0 Å². The zero-order chi connectivity index (χ0) is 22.2. The maximum Gasteiger partial charge on any atom is 0.410 e.